The lowest BCUT2D eigenvalue weighted by molar-refractivity contribution is 0.240. The Morgan fingerprint density at radius 3 is 2.87 bits per heavy atom. The van der Waals surface area contributed by atoms with Crippen LogP contribution in [0, 0.1) is 0 Å². The molecule has 0 saturated heterocycles. The molecule has 0 saturated carbocycles. The molecule has 0 bridgehead atoms. The summed E-state index contributed by atoms with van der Waals surface area (Å²) in [5, 5.41) is 4.26. The van der Waals surface area contributed by atoms with Gasteiger partial charge < -0.3 is 5.73 Å². The molecular formula is C11H22N4. The summed E-state index contributed by atoms with van der Waals surface area (Å²) in [4.78, 5) is 2.31. The summed E-state index contributed by atoms with van der Waals surface area (Å²) < 4.78 is 1.96. The van der Waals surface area contributed by atoms with Crippen molar-refractivity contribution in [2.45, 2.75) is 39.4 Å². The molecule has 0 aliphatic rings. The van der Waals surface area contributed by atoms with Crippen molar-refractivity contribution in [3.05, 3.63) is 18.0 Å². The normalized spacial score (nSPS) is 13.4. The molecule has 1 atom stereocenters. The highest BCUT2D eigenvalue weighted by molar-refractivity contribution is 5.03. The van der Waals surface area contributed by atoms with Crippen molar-refractivity contribution in [2.75, 3.05) is 13.6 Å². The fourth-order valence-corrected chi connectivity index (χ4v) is 1.57. The molecule has 86 valence electrons. The van der Waals surface area contributed by atoms with E-state index in [1.54, 1.807) is 0 Å². The molecule has 1 aromatic heterocycles. The molecule has 0 radical (unpaired) electrons. The summed E-state index contributed by atoms with van der Waals surface area (Å²) >= 11 is 0. The zero-order valence-corrected chi connectivity index (χ0v) is 9.98. The van der Waals surface area contributed by atoms with Crippen molar-refractivity contribution in [2.24, 2.45) is 5.73 Å². The van der Waals surface area contributed by atoms with E-state index in [0.717, 1.165) is 26.1 Å². The quantitative estimate of drug-likeness (QED) is 0.764. The van der Waals surface area contributed by atoms with Crippen molar-refractivity contribution < 1.29 is 0 Å². The van der Waals surface area contributed by atoms with Gasteiger partial charge in [0, 0.05) is 30.9 Å². The number of aromatic nitrogens is 2. The molecule has 0 aliphatic heterocycles. The lowest BCUT2D eigenvalue weighted by Crippen LogP contribution is -2.30. The van der Waals surface area contributed by atoms with E-state index in [-0.39, 0.29) is 0 Å². The Morgan fingerprint density at radius 1 is 1.60 bits per heavy atom. The van der Waals surface area contributed by atoms with Crippen LogP contribution in [0.4, 0.5) is 0 Å². The van der Waals surface area contributed by atoms with Crippen molar-refractivity contribution >= 4 is 0 Å². The highest BCUT2D eigenvalue weighted by Gasteiger charge is 2.09. The lowest BCUT2D eigenvalue weighted by atomic mass is 10.2. The summed E-state index contributed by atoms with van der Waals surface area (Å²) in [5.41, 5.74) is 6.81. The second-order valence-corrected chi connectivity index (χ2v) is 4.05. The van der Waals surface area contributed by atoms with Crippen molar-refractivity contribution in [3.8, 4) is 0 Å². The van der Waals surface area contributed by atoms with Crippen LogP contribution in [0.1, 0.15) is 25.8 Å². The third-order valence-electron chi connectivity index (χ3n) is 2.78. The molecule has 1 unspecified atom stereocenters. The second kappa shape index (κ2) is 5.88. The molecule has 0 aliphatic carbocycles. The summed E-state index contributed by atoms with van der Waals surface area (Å²) in [6.07, 6.45) is 5.08. The van der Waals surface area contributed by atoms with Gasteiger partial charge in [-0.05, 0) is 33.9 Å². The number of hydrogen-bond donors (Lipinski definition) is 1. The van der Waals surface area contributed by atoms with E-state index in [4.69, 9.17) is 5.73 Å². The second-order valence-electron chi connectivity index (χ2n) is 4.05. The van der Waals surface area contributed by atoms with Crippen molar-refractivity contribution in [1.82, 2.24) is 14.7 Å². The van der Waals surface area contributed by atoms with E-state index in [2.05, 4.69) is 37.1 Å². The van der Waals surface area contributed by atoms with E-state index < -0.39 is 0 Å². The number of rotatable bonds is 6. The molecule has 1 aromatic rings. The lowest BCUT2D eigenvalue weighted by Gasteiger charge is -2.23. The van der Waals surface area contributed by atoms with Gasteiger partial charge in [0.25, 0.3) is 0 Å². The summed E-state index contributed by atoms with van der Waals surface area (Å²) in [6, 6.07) is 0.528. The molecule has 1 heterocycles. The first-order valence-electron chi connectivity index (χ1n) is 5.59. The summed E-state index contributed by atoms with van der Waals surface area (Å²) in [6.45, 7) is 6.93. The van der Waals surface area contributed by atoms with Gasteiger partial charge in [0.2, 0.25) is 0 Å². The van der Waals surface area contributed by atoms with Gasteiger partial charge in [-0.15, -0.1) is 0 Å². The molecule has 0 amide bonds. The van der Waals surface area contributed by atoms with Crippen LogP contribution >= 0.6 is 0 Å². The number of hydrogen-bond acceptors (Lipinski definition) is 3. The van der Waals surface area contributed by atoms with Crippen LogP contribution in [0.3, 0.4) is 0 Å². The minimum Gasteiger partial charge on any atom is -0.330 e. The smallest absolute Gasteiger partial charge is 0.0534 e. The first-order chi connectivity index (χ1) is 7.17. The van der Waals surface area contributed by atoms with Crippen LogP contribution in [0.5, 0.6) is 0 Å². The average molecular weight is 210 g/mol. The van der Waals surface area contributed by atoms with Crippen molar-refractivity contribution in [1.29, 1.82) is 0 Å². The predicted molar refractivity (Wildman–Crippen MR) is 62.5 cm³/mol. The minimum absolute atomic E-state index is 0.528. The standard InChI is InChI=1S/C11H22N4/c1-4-15-9-11(7-13-15)8-14(3)10(2)5-6-12/h7,9-10H,4-6,8,12H2,1-3H3. The predicted octanol–water partition coefficient (Wildman–Crippen LogP) is 1.07. The highest BCUT2D eigenvalue weighted by atomic mass is 15.3. The maximum absolute atomic E-state index is 5.54. The monoisotopic (exact) mass is 210 g/mol. The molecular weight excluding hydrogens is 188 g/mol. The largest absolute Gasteiger partial charge is 0.330 e. The Bertz CT molecular complexity index is 282. The van der Waals surface area contributed by atoms with Gasteiger partial charge in [-0.25, -0.2) is 0 Å². The Balaban J connectivity index is 2.46. The van der Waals surface area contributed by atoms with Gasteiger partial charge >= 0.3 is 0 Å². The minimum atomic E-state index is 0.528. The van der Waals surface area contributed by atoms with Gasteiger partial charge in [-0.2, -0.15) is 5.10 Å². The number of nitrogens with two attached hydrogens (primary N) is 1. The van der Waals surface area contributed by atoms with Crippen LogP contribution in [0.15, 0.2) is 12.4 Å². The van der Waals surface area contributed by atoms with E-state index >= 15 is 0 Å². The van der Waals surface area contributed by atoms with Crippen LogP contribution in [-0.2, 0) is 13.1 Å². The molecule has 4 nitrogen and oxygen atoms in total. The van der Waals surface area contributed by atoms with Gasteiger partial charge in [-0.3, -0.25) is 9.58 Å². The van der Waals surface area contributed by atoms with E-state index in [1.807, 2.05) is 10.9 Å². The maximum Gasteiger partial charge on any atom is 0.0534 e. The molecule has 4 heteroatoms. The zero-order valence-electron chi connectivity index (χ0n) is 9.98. The molecule has 2 N–H and O–H groups in total. The first-order valence-corrected chi connectivity index (χ1v) is 5.59. The van der Waals surface area contributed by atoms with Gasteiger partial charge in [-0.1, -0.05) is 0 Å². The Hall–Kier alpha value is -0.870. The molecule has 0 aromatic carbocycles. The van der Waals surface area contributed by atoms with Gasteiger partial charge in [0.15, 0.2) is 0 Å². The maximum atomic E-state index is 5.54. The first kappa shape index (κ1) is 12.2. The zero-order chi connectivity index (χ0) is 11.3. The molecule has 1 rings (SSSR count). The van der Waals surface area contributed by atoms with Gasteiger partial charge in [0.05, 0.1) is 6.20 Å². The highest BCUT2D eigenvalue weighted by Crippen LogP contribution is 2.07. The van der Waals surface area contributed by atoms with E-state index in [0.29, 0.717) is 6.04 Å². The van der Waals surface area contributed by atoms with Crippen LogP contribution in [-0.4, -0.2) is 34.3 Å². The van der Waals surface area contributed by atoms with Crippen LogP contribution in [0.25, 0.3) is 0 Å². The van der Waals surface area contributed by atoms with Gasteiger partial charge in [0.1, 0.15) is 0 Å². The number of aryl methyl sites for hydroxylation is 1. The molecule has 0 spiro atoms. The Morgan fingerprint density at radius 2 is 2.33 bits per heavy atom. The summed E-state index contributed by atoms with van der Waals surface area (Å²) in [7, 11) is 2.13. The third kappa shape index (κ3) is 3.64. The Labute approximate surface area is 92.1 Å². The average Bonchev–Trinajstić information content (AvgIpc) is 2.66. The fraction of sp³-hybridized carbons (Fsp3) is 0.727. The van der Waals surface area contributed by atoms with Crippen molar-refractivity contribution in [3.63, 3.8) is 0 Å². The Kier molecular flexibility index (Phi) is 4.78. The topological polar surface area (TPSA) is 47.1 Å². The van der Waals surface area contributed by atoms with E-state index in [9.17, 15) is 0 Å². The number of nitrogens with zero attached hydrogens (tertiary/aromatic N) is 3. The molecule has 0 fully saturated rings. The molecule has 15 heavy (non-hydrogen) atoms. The van der Waals surface area contributed by atoms with E-state index in [1.165, 1.54) is 5.56 Å². The summed E-state index contributed by atoms with van der Waals surface area (Å²) in [5.74, 6) is 0. The van der Waals surface area contributed by atoms with Crippen LogP contribution < -0.4 is 5.73 Å². The SMILES string of the molecule is CCn1cc(CN(C)C(C)CCN)cn1. The fourth-order valence-electron chi connectivity index (χ4n) is 1.57. The van der Waals surface area contributed by atoms with Crippen LogP contribution in [0.2, 0.25) is 0 Å². The third-order valence-corrected chi connectivity index (χ3v) is 2.78.